The van der Waals surface area contributed by atoms with E-state index < -0.39 is 24.0 Å². The zero-order chi connectivity index (χ0) is 13.7. The van der Waals surface area contributed by atoms with Crippen LogP contribution < -0.4 is 11.1 Å². The number of aromatic nitrogens is 2. The van der Waals surface area contributed by atoms with Gasteiger partial charge in [-0.3, -0.25) is 9.48 Å². The van der Waals surface area contributed by atoms with E-state index in [2.05, 4.69) is 10.4 Å². The van der Waals surface area contributed by atoms with Gasteiger partial charge >= 0.3 is 5.97 Å². The minimum Gasteiger partial charge on any atom is -0.479 e. The molecule has 1 aromatic heterocycles. The summed E-state index contributed by atoms with van der Waals surface area (Å²) < 4.78 is 6.18. The zero-order valence-electron chi connectivity index (χ0n) is 10.2. The van der Waals surface area contributed by atoms with Crippen LogP contribution in [0.4, 0.5) is 0 Å². The van der Waals surface area contributed by atoms with E-state index in [-0.39, 0.29) is 6.61 Å². The lowest BCUT2D eigenvalue weighted by atomic mass is 10.1. The molecule has 2 atom stereocenters. The number of aryl methyl sites for hydroxylation is 1. The first kappa shape index (κ1) is 14.1. The number of nitrogens with zero attached hydrogens (tertiary/aromatic N) is 2. The van der Waals surface area contributed by atoms with Crippen LogP contribution in [0.3, 0.4) is 0 Å². The van der Waals surface area contributed by atoms with Crippen molar-refractivity contribution in [1.29, 1.82) is 0 Å². The Kier molecular flexibility index (Phi) is 4.81. The Morgan fingerprint density at radius 1 is 1.67 bits per heavy atom. The number of hydrogen-bond acceptors (Lipinski definition) is 5. The number of carboxylic acids is 1. The first-order chi connectivity index (χ1) is 8.45. The average molecular weight is 256 g/mol. The quantitative estimate of drug-likeness (QED) is 0.578. The van der Waals surface area contributed by atoms with Crippen LogP contribution in [0.25, 0.3) is 0 Å². The fourth-order valence-electron chi connectivity index (χ4n) is 1.38. The van der Waals surface area contributed by atoms with Crippen molar-refractivity contribution in [2.45, 2.75) is 12.1 Å². The van der Waals surface area contributed by atoms with E-state index in [1.807, 2.05) is 0 Å². The summed E-state index contributed by atoms with van der Waals surface area (Å²) >= 11 is 0. The number of hydrogen-bond donors (Lipinski definition) is 3. The molecular formula is C10H16N4O4. The van der Waals surface area contributed by atoms with Crippen molar-refractivity contribution in [2.75, 3.05) is 13.7 Å². The van der Waals surface area contributed by atoms with E-state index in [0.717, 1.165) is 0 Å². The maximum atomic E-state index is 11.6. The molecule has 8 heteroatoms. The van der Waals surface area contributed by atoms with Gasteiger partial charge in [0.15, 0.2) is 6.04 Å². The molecule has 0 radical (unpaired) electrons. The standard InChI is InChI=1S/C10H16N4O4/c1-14-4-6(3-12-14)8(10(16)17)13-9(15)7(11)5-18-2/h3-4,7-8H,5,11H2,1-2H3,(H,13,15)(H,16,17). The van der Waals surface area contributed by atoms with Gasteiger partial charge in [0.1, 0.15) is 6.04 Å². The molecule has 0 saturated heterocycles. The van der Waals surface area contributed by atoms with Crippen LogP contribution in [0.2, 0.25) is 0 Å². The second-order valence-electron chi connectivity index (χ2n) is 3.79. The molecular weight excluding hydrogens is 240 g/mol. The fraction of sp³-hybridized carbons (Fsp3) is 0.500. The molecule has 1 aromatic rings. The van der Waals surface area contributed by atoms with Crippen molar-refractivity contribution >= 4 is 11.9 Å². The van der Waals surface area contributed by atoms with E-state index in [1.165, 1.54) is 24.2 Å². The van der Waals surface area contributed by atoms with Gasteiger partial charge in [-0.1, -0.05) is 0 Å². The number of nitrogens with one attached hydrogen (secondary N) is 1. The maximum absolute atomic E-state index is 11.6. The summed E-state index contributed by atoms with van der Waals surface area (Å²) in [5.41, 5.74) is 5.89. The number of nitrogens with two attached hydrogens (primary N) is 1. The van der Waals surface area contributed by atoms with Gasteiger partial charge in [0.25, 0.3) is 0 Å². The highest BCUT2D eigenvalue weighted by Crippen LogP contribution is 2.11. The second kappa shape index (κ2) is 6.12. The summed E-state index contributed by atoms with van der Waals surface area (Å²) in [6, 6.07) is -2.08. The molecule has 0 bridgehead atoms. The Balaban J connectivity index is 2.76. The van der Waals surface area contributed by atoms with E-state index >= 15 is 0 Å². The summed E-state index contributed by atoms with van der Waals surface area (Å²) in [5, 5.41) is 15.3. The molecule has 1 rings (SSSR count). The van der Waals surface area contributed by atoms with Crippen molar-refractivity contribution in [2.24, 2.45) is 12.8 Å². The minimum absolute atomic E-state index is 0.0191. The van der Waals surface area contributed by atoms with Crippen LogP contribution in [0.5, 0.6) is 0 Å². The summed E-state index contributed by atoms with van der Waals surface area (Å²) in [6.45, 7) is 0.0191. The predicted octanol–water partition coefficient (Wildman–Crippen LogP) is -1.36. The van der Waals surface area contributed by atoms with Gasteiger partial charge in [-0.15, -0.1) is 0 Å². The highest BCUT2D eigenvalue weighted by molar-refractivity contribution is 5.87. The number of ether oxygens (including phenoxy) is 1. The van der Waals surface area contributed by atoms with Gasteiger partial charge in [-0.25, -0.2) is 4.79 Å². The van der Waals surface area contributed by atoms with Crippen LogP contribution >= 0.6 is 0 Å². The summed E-state index contributed by atoms with van der Waals surface area (Å²) in [7, 11) is 3.06. The number of amides is 1. The zero-order valence-corrected chi connectivity index (χ0v) is 10.2. The van der Waals surface area contributed by atoms with Gasteiger partial charge in [0, 0.05) is 25.9 Å². The summed E-state index contributed by atoms with van der Waals surface area (Å²) in [6.07, 6.45) is 2.89. The van der Waals surface area contributed by atoms with Gasteiger partial charge < -0.3 is 20.9 Å². The monoisotopic (exact) mass is 256 g/mol. The number of rotatable bonds is 6. The average Bonchev–Trinajstić information content (AvgIpc) is 2.72. The van der Waals surface area contributed by atoms with Crippen LogP contribution in [0.15, 0.2) is 12.4 Å². The number of carbonyl (C=O) groups excluding carboxylic acids is 1. The molecule has 18 heavy (non-hydrogen) atoms. The molecule has 0 aliphatic rings. The highest BCUT2D eigenvalue weighted by atomic mass is 16.5. The number of methoxy groups -OCH3 is 1. The molecule has 0 aliphatic carbocycles. The van der Waals surface area contributed by atoms with Crippen molar-refractivity contribution in [3.05, 3.63) is 18.0 Å². The van der Waals surface area contributed by atoms with E-state index in [4.69, 9.17) is 15.6 Å². The lowest BCUT2D eigenvalue weighted by Gasteiger charge is -2.16. The molecule has 0 fully saturated rings. The van der Waals surface area contributed by atoms with Crippen LogP contribution in [-0.2, 0) is 21.4 Å². The number of carboxylic acid groups (broad SMARTS) is 1. The number of carbonyl (C=O) groups is 2. The van der Waals surface area contributed by atoms with E-state index in [0.29, 0.717) is 5.56 Å². The van der Waals surface area contributed by atoms with Gasteiger partial charge in [0.2, 0.25) is 5.91 Å². The first-order valence-corrected chi connectivity index (χ1v) is 5.22. The third-order valence-electron chi connectivity index (χ3n) is 2.27. The molecule has 100 valence electrons. The molecule has 4 N–H and O–H groups in total. The summed E-state index contributed by atoms with van der Waals surface area (Å²) in [5.74, 6) is -1.77. The predicted molar refractivity (Wildman–Crippen MR) is 61.6 cm³/mol. The Bertz CT molecular complexity index is 431. The van der Waals surface area contributed by atoms with Crippen molar-refractivity contribution in [3.63, 3.8) is 0 Å². The highest BCUT2D eigenvalue weighted by Gasteiger charge is 2.25. The van der Waals surface area contributed by atoms with Gasteiger partial charge in [-0.05, 0) is 0 Å². The molecule has 1 heterocycles. The third kappa shape index (κ3) is 3.54. The van der Waals surface area contributed by atoms with Crippen molar-refractivity contribution in [1.82, 2.24) is 15.1 Å². The maximum Gasteiger partial charge on any atom is 0.331 e. The van der Waals surface area contributed by atoms with Gasteiger partial charge in [0.05, 0.1) is 12.8 Å². The van der Waals surface area contributed by atoms with E-state index in [1.54, 1.807) is 7.05 Å². The number of aliphatic carboxylic acids is 1. The fourth-order valence-corrected chi connectivity index (χ4v) is 1.38. The molecule has 8 nitrogen and oxygen atoms in total. The smallest absolute Gasteiger partial charge is 0.331 e. The molecule has 0 aromatic carbocycles. The molecule has 0 spiro atoms. The Hall–Kier alpha value is -1.93. The second-order valence-corrected chi connectivity index (χ2v) is 3.79. The Labute approximate surface area is 104 Å². The Morgan fingerprint density at radius 2 is 2.33 bits per heavy atom. The molecule has 0 aliphatic heterocycles. The van der Waals surface area contributed by atoms with Crippen molar-refractivity contribution in [3.8, 4) is 0 Å². The van der Waals surface area contributed by atoms with Gasteiger partial charge in [-0.2, -0.15) is 5.10 Å². The van der Waals surface area contributed by atoms with Crippen LogP contribution in [-0.4, -0.2) is 46.5 Å². The van der Waals surface area contributed by atoms with Crippen molar-refractivity contribution < 1.29 is 19.4 Å². The SMILES string of the molecule is COCC(N)C(=O)NC(C(=O)O)c1cnn(C)c1. The van der Waals surface area contributed by atoms with E-state index in [9.17, 15) is 9.59 Å². The normalized spacial score (nSPS) is 13.9. The minimum atomic E-state index is -1.18. The third-order valence-corrected chi connectivity index (χ3v) is 2.27. The molecule has 0 saturated carbocycles. The molecule has 1 amide bonds. The molecule has 2 unspecified atom stereocenters. The first-order valence-electron chi connectivity index (χ1n) is 5.22. The largest absolute Gasteiger partial charge is 0.479 e. The van der Waals surface area contributed by atoms with Crippen LogP contribution in [0, 0.1) is 0 Å². The lowest BCUT2D eigenvalue weighted by Crippen LogP contribution is -2.46. The lowest BCUT2D eigenvalue weighted by molar-refractivity contribution is -0.142. The topological polar surface area (TPSA) is 119 Å². The van der Waals surface area contributed by atoms with Crippen LogP contribution in [0.1, 0.15) is 11.6 Å². The summed E-state index contributed by atoms with van der Waals surface area (Å²) in [4.78, 5) is 22.7. The Morgan fingerprint density at radius 3 is 2.78 bits per heavy atom.